The Kier molecular flexibility index (Phi) is 1.97. The highest BCUT2D eigenvalue weighted by Gasteiger charge is 2.09. The van der Waals surface area contributed by atoms with Crippen LogP contribution in [0.2, 0.25) is 0 Å². The average Bonchev–Trinajstić information content (AvgIpc) is 2.58. The van der Waals surface area contributed by atoms with Crippen molar-refractivity contribution >= 4 is 34.4 Å². The maximum Gasteiger partial charge on any atom is 0.271 e. The van der Waals surface area contributed by atoms with Gasteiger partial charge in [0.2, 0.25) is 5.89 Å². The summed E-state index contributed by atoms with van der Waals surface area (Å²) in [6.07, 6.45) is 0. The molecule has 0 spiro atoms. The molecule has 5 nitrogen and oxygen atoms in total. The number of hydrogen-bond acceptors (Lipinski definition) is 5. The maximum absolute atomic E-state index is 10.4. The van der Waals surface area contributed by atoms with E-state index < -0.39 is 4.92 Å². The summed E-state index contributed by atoms with van der Waals surface area (Å²) in [7, 11) is 0. The van der Waals surface area contributed by atoms with E-state index in [1.807, 2.05) is 0 Å². The van der Waals surface area contributed by atoms with Gasteiger partial charge in [-0.1, -0.05) is 12.2 Å². The molecule has 0 bridgehead atoms. The molecule has 0 radical (unpaired) electrons. The summed E-state index contributed by atoms with van der Waals surface area (Å²) >= 11 is 4.63. The predicted molar refractivity (Wildman–Crippen MR) is 53.4 cm³/mol. The second kappa shape index (κ2) is 3.15. The summed E-state index contributed by atoms with van der Waals surface area (Å²) in [5.41, 5.74) is 0.920. The van der Waals surface area contributed by atoms with Crippen LogP contribution >= 0.6 is 12.2 Å². The van der Waals surface area contributed by atoms with E-state index in [4.69, 9.17) is 4.42 Å². The van der Waals surface area contributed by atoms with Gasteiger partial charge in [0.1, 0.15) is 5.52 Å². The zero-order valence-electron chi connectivity index (χ0n) is 6.84. The van der Waals surface area contributed by atoms with Crippen LogP contribution in [0.15, 0.2) is 22.6 Å². The van der Waals surface area contributed by atoms with Crippen molar-refractivity contribution in [3.63, 3.8) is 0 Å². The lowest BCUT2D eigenvalue weighted by molar-refractivity contribution is -0.384. The van der Waals surface area contributed by atoms with Gasteiger partial charge in [0.15, 0.2) is 5.58 Å². The van der Waals surface area contributed by atoms with E-state index in [0.717, 1.165) is 0 Å². The fourth-order valence-electron chi connectivity index (χ4n) is 1.10. The zero-order chi connectivity index (χ0) is 10.1. The highest BCUT2D eigenvalue weighted by molar-refractivity contribution is 7.79. The number of hydrogen-bond donors (Lipinski definition) is 0. The fourth-order valence-corrected chi connectivity index (χ4v) is 1.20. The smallest absolute Gasteiger partial charge is 0.271 e. The molecule has 0 saturated heterocycles. The lowest BCUT2D eigenvalue weighted by Crippen LogP contribution is -1.86. The first kappa shape index (κ1) is 8.76. The Morgan fingerprint density at radius 2 is 2.36 bits per heavy atom. The number of aromatic nitrogens is 1. The van der Waals surface area contributed by atoms with Crippen molar-refractivity contribution in [1.82, 2.24) is 4.98 Å². The van der Waals surface area contributed by atoms with Crippen molar-refractivity contribution in [3.05, 3.63) is 34.2 Å². The summed E-state index contributed by atoms with van der Waals surface area (Å²) in [6.45, 7) is 0. The Morgan fingerprint density at radius 1 is 1.57 bits per heavy atom. The molecular formula is C8H4N2O3S. The van der Waals surface area contributed by atoms with Crippen LogP contribution in [0.5, 0.6) is 0 Å². The number of nitro groups is 1. The summed E-state index contributed by atoms with van der Waals surface area (Å²) in [5.74, 6) is 0.287. The van der Waals surface area contributed by atoms with E-state index in [0.29, 0.717) is 11.1 Å². The van der Waals surface area contributed by atoms with Crippen LogP contribution in [0.25, 0.3) is 11.1 Å². The molecule has 2 aromatic rings. The summed E-state index contributed by atoms with van der Waals surface area (Å²) in [6, 6.07) is 4.21. The van der Waals surface area contributed by atoms with Crippen LogP contribution in [-0.4, -0.2) is 15.3 Å². The molecule has 0 unspecified atom stereocenters. The van der Waals surface area contributed by atoms with Crippen LogP contribution in [0.1, 0.15) is 5.89 Å². The first-order valence-corrected chi connectivity index (χ1v) is 4.18. The Balaban J connectivity index is 2.65. The molecule has 1 aromatic carbocycles. The normalized spacial score (nSPS) is 10.3. The third-order valence-electron chi connectivity index (χ3n) is 1.70. The van der Waals surface area contributed by atoms with Gasteiger partial charge >= 0.3 is 0 Å². The molecule has 6 heteroatoms. The Labute approximate surface area is 83.5 Å². The van der Waals surface area contributed by atoms with Crippen LogP contribution < -0.4 is 0 Å². The number of nitrogens with zero attached hydrogens (tertiary/aromatic N) is 2. The van der Waals surface area contributed by atoms with Crippen LogP contribution in [0.3, 0.4) is 0 Å². The van der Waals surface area contributed by atoms with E-state index >= 15 is 0 Å². The Bertz CT molecular complexity index is 520. The van der Waals surface area contributed by atoms with Gasteiger partial charge in [0.05, 0.1) is 10.3 Å². The monoisotopic (exact) mass is 208 g/mol. The minimum atomic E-state index is -0.481. The van der Waals surface area contributed by atoms with Gasteiger partial charge in [-0.2, -0.15) is 0 Å². The number of oxazole rings is 1. The third kappa shape index (κ3) is 1.35. The van der Waals surface area contributed by atoms with E-state index in [2.05, 4.69) is 17.2 Å². The number of fused-ring (bicyclic) bond motifs is 1. The quantitative estimate of drug-likeness (QED) is 0.429. The molecular weight excluding hydrogens is 204 g/mol. The molecule has 2 rings (SSSR count). The van der Waals surface area contributed by atoms with Crippen LogP contribution in [0.4, 0.5) is 5.69 Å². The molecule has 1 heterocycles. The molecule has 0 aliphatic heterocycles. The number of rotatable bonds is 2. The number of nitro benzene ring substituents is 1. The predicted octanol–water partition coefficient (Wildman–Crippen LogP) is 2.08. The molecule has 0 aliphatic carbocycles. The minimum Gasteiger partial charge on any atom is -0.436 e. The second-order valence-corrected chi connectivity index (χ2v) is 2.81. The first-order valence-electron chi connectivity index (χ1n) is 3.71. The van der Waals surface area contributed by atoms with E-state index in [1.165, 1.54) is 23.6 Å². The maximum atomic E-state index is 10.4. The van der Waals surface area contributed by atoms with Crippen molar-refractivity contribution < 1.29 is 9.34 Å². The zero-order valence-corrected chi connectivity index (χ0v) is 7.65. The molecule has 1 aromatic heterocycles. The third-order valence-corrected chi connectivity index (χ3v) is 1.90. The lowest BCUT2D eigenvalue weighted by atomic mass is 10.3. The molecule has 0 aliphatic rings. The summed E-state index contributed by atoms with van der Waals surface area (Å²) in [4.78, 5) is 13.9. The van der Waals surface area contributed by atoms with Gasteiger partial charge in [-0.15, -0.1) is 0 Å². The van der Waals surface area contributed by atoms with Crippen LogP contribution in [0, 0.1) is 10.1 Å². The topological polar surface area (TPSA) is 69.2 Å². The molecule has 0 atom stereocenters. The standard InChI is InChI=1S/C8H4N2O3S/c11-10(12)5-1-2-7-6(3-5)9-8(4-14)13-7/h1-4H. The SMILES string of the molecule is O=[N+]([O-])c1ccc2oc(C=S)nc2c1. The molecule has 0 amide bonds. The Morgan fingerprint density at radius 3 is 3.00 bits per heavy atom. The number of non-ortho nitro benzene ring substituents is 1. The molecule has 14 heavy (non-hydrogen) atoms. The van der Waals surface area contributed by atoms with Crippen molar-refractivity contribution in [1.29, 1.82) is 0 Å². The van der Waals surface area contributed by atoms with Gasteiger partial charge in [-0.25, -0.2) is 4.98 Å². The van der Waals surface area contributed by atoms with Crippen molar-refractivity contribution in [2.24, 2.45) is 0 Å². The van der Waals surface area contributed by atoms with Gasteiger partial charge in [-0.05, 0) is 6.07 Å². The number of thiocarbonyl (C=S) groups is 1. The molecule has 70 valence electrons. The van der Waals surface area contributed by atoms with Gasteiger partial charge in [-0.3, -0.25) is 10.1 Å². The number of benzene rings is 1. The first-order chi connectivity index (χ1) is 6.70. The van der Waals surface area contributed by atoms with Gasteiger partial charge < -0.3 is 4.42 Å². The summed E-state index contributed by atoms with van der Waals surface area (Å²) in [5, 5.41) is 11.7. The van der Waals surface area contributed by atoms with E-state index in [1.54, 1.807) is 0 Å². The largest absolute Gasteiger partial charge is 0.436 e. The minimum absolute atomic E-state index is 0.0123. The van der Waals surface area contributed by atoms with Gasteiger partial charge in [0, 0.05) is 12.1 Å². The van der Waals surface area contributed by atoms with E-state index in [9.17, 15) is 10.1 Å². The highest BCUT2D eigenvalue weighted by Crippen LogP contribution is 2.20. The van der Waals surface area contributed by atoms with Crippen molar-refractivity contribution in [2.45, 2.75) is 0 Å². The van der Waals surface area contributed by atoms with Gasteiger partial charge in [0.25, 0.3) is 5.69 Å². The molecule has 0 saturated carbocycles. The van der Waals surface area contributed by atoms with Crippen molar-refractivity contribution in [2.75, 3.05) is 0 Å². The molecule has 0 N–H and O–H groups in total. The summed E-state index contributed by atoms with van der Waals surface area (Å²) < 4.78 is 5.16. The molecule has 0 fully saturated rings. The van der Waals surface area contributed by atoms with Crippen molar-refractivity contribution in [3.8, 4) is 0 Å². The highest BCUT2D eigenvalue weighted by atomic mass is 32.1. The second-order valence-electron chi connectivity index (χ2n) is 2.58. The average molecular weight is 208 g/mol. The lowest BCUT2D eigenvalue weighted by Gasteiger charge is -1.88. The van der Waals surface area contributed by atoms with Crippen LogP contribution in [-0.2, 0) is 0 Å². The fraction of sp³-hybridized carbons (Fsp3) is 0. The Hall–Kier alpha value is -1.82. The van der Waals surface area contributed by atoms with E-state index in [-0.39, 0.29) is 11.6 Å².